The third-order valence-electron chi connectivity index (χ3n) is 5.54. The molecule has 0 unspecified atom stereocenters. The summed E-state index contributed by atoms with van der Waals surface area (Å²) in [7, 11) is -2.31. The molecule has 2 aromatic rings. The van der Waals surface area contributed by atoms with E-state index in [4.69, 9.17) is 14.3 Å². The van der Waals surface area contributed by atoms with E-state index in [0.29, 0.717) is 17.6 Å². The van der Waals surface area contributed by atoms with E-state index in [-0.39, 0.29) is 0 Å². The summed E-state index contributed by atoms with van der Waals surface area (Å²) in [6.45, 7) is 5.92. The van der Waals surface area contributed by atoms with Crippen LogP contribution >= 0.6 is 8.60 Å². The van der Waals surface area contributed by atoms with Crippen LogP contribution in [0.4, 0.5) is 0 Å². The summed E-state index contributed by atoms with van der Waals surface area (Å²) in [6.07, 6.45) is 4.07. The number of rotatable bonds is 5. The van der Waals surface area contributed by atoms with Crippen LogP contribution in [0.5, 0.6) is 5.75 Å². The fourth-order valence-corrected chi connectivity index (χ4v) is 4.15. The van der Waals surface area contributed by atoms with E-state index in [0.717, 1.165) is 51.9 Å². The summed E-state index contributed by atoms with van der Waals surface area (Å²) in [5.74, 6) is 1.42. The monoisotopic (exact) mass is 430 g/mol. The molecule has 2 aromatic carbocycles. The molecule has 1 amide bonds. The number of piperidine rings is 1. The highest BCUT2D eigenvalue weighted by Crippen LogP contribution is 2.31. The van der Waals surface area contributed by atoms with E-state index >= 15 is 0 Å². The molecule has 0 atom stereocenters. The molecule has 6 nitrogen and oxygen atoms in total. The molecule has 3 N–H and O–H groups in total. The van der Waals surface area contributed by atoms with Crippen LogP contribution in [-0.2, 0) is 11.3 Å². The van der Waals surface area contributed by atoms with Crippen LogP contribution in [-0.4, -0.2) is 40.2 Å². The van der Waals surface area contributed by atoms with Gasteiger partial charge in [-0.15, -0.1) is 0 Å². The molecule has 2 aliphatic rings. The normalized spacial score (nSPS) is 17.1. The van der Waals surface area contributed by atoms with Gasteiger partial charge in [-0.1, -0.05) is 42.0 Å². The summed E-state index contributed by atoms with van der Waals surface area (Å²) in [5.41, 5.74) is 3.79. The molecular weight excluding hydrogens is 399 g/mol. The molecular formula is C23H31N2O4P. The number of likely N-dealkylation sites (tertiary alicyclic amines) is 1. The minimum atomic E-state index is -2.31. The summed E-state index contributed by atoms with van der Waals surface area (Å²) < 4.78 is 4.82. The van der Waals surface area contributed by atoms with Crippen LogP contribution in [0.15, 0.2) is 48.5 Å². The smallest absolute Gasteiger partial charge is 0.391 e. The van der Waals surface area contributed by atoms with E-state index in [1.54, 1.807) is 12.1 Å². The summed E-state index contributed by atoms with van der Waals surface area (Å²) in [4.78, 5) is 30.7. The Morgan fingerprint density at radius 2 is 1.73 bits per heavy atom. The van der Waals surface area contributed by atoms with Gasteiger partial charge in [0.1, 0.15) is 5.75 Å². The van der Waals surface area contributed by atoms with Gasteiger partial charge in [0.25, 0.3) is 0 Å². The molecule has 0 saturated carbocycles. The van der Waals surface area contributed by atoms with Crippen LogP contribution in [0.3, 0.4) is 0 Å². The SMILES string of the molecule is Cc1ccc(CN2CCCC2=O)cc1.OP(O)Oc1ccc(C2CCNCC2)cc1. The first-order valence-corrected chi connectivity index (χ1v) is 11.7. The van der Waals surface area contributed by atoms with Crippen molar-refractivity contribution < 1.29 is 19.1 Å². The van der Waals surface area contributed by atoms with Crippen LogP contribution in [0, 0.1) is 6.92 Å². The number of nitrogens with one attached hydrogen (secondary N) is 1. The average Bonchev–Trinajstić information content (AvgIpc) is 3.15. The standard InChI is InChI=1S/C12H15NO.C11H16NO3P/c1-10-4-6-11(7-5-10)9-13-8-2-3-12(13)14;13-16(14)15-11-3-1-9(2-4-11)10-5-7-12-8-6-10/h4-7H,2-3,8-9H2,1H3;1-4,10,12-14H,5-8H2. The Morgan fingerprint density at radius 3 is 2.30 bits per heavy atom. The van der Waals surface area contributed by atoms with Crippen molar-refractivity contribution >= 4 is 14.5 Å². The summed E-state index contributed by atoms with van der Waals surface area (Å²) >= 11 is 0. The predicted molar refractivity (Wildman–Crippen MR) is 119 cm³/mol. The number of hydrogen-bond donors (Lipinski definition) is 3. The molecule has 30 heavy (non-hydrogen) atoms. The van der Waals surface area contributed by atoms with Crippen molar-refractivity contribution in [3.63, 3.8) is 0 Å². The van der Waals surface area contributed by atoms with Gasteiger partial charge in [0, 0.05) is 19.5 Å². The molecule has 2 fully saturated rings. The molecule has 0 radical (unpaired) electrons. The van der Waals surface area contributed by atoms with Crippen molar-refractivity contribution in [3.05, 3.63) is 65.2 Å². The summed E-state index contributed by atoms with van der Waals surface area (Å²) in [5, 5.41) is 3.33. The maximum absolute atomic E-state index is 11.4. The van der Waals surface area contributed by atoms with Gasteiger partial charge in [-0.2, -0.15) is 0 Å². The lowest BCUT2D eigenvalue weighted by molar-refractivity contribution is -0.128. The highest BCUT2D eigenvalue weighted by Gasteiger charge is 2.19. The second kappa shape index (κ2) is 11.4. The Balaban J connectivity index is 0.000000172. The number of hydrogen-bond acceptors (Lipinski definition) is 5. The number of carbonyl (C=O) groups excluding carboxylic acids is 1. The fourth-order valence-electron chi connectivity index (χ4n) is 3.84. The van der Waals surface area contributed by atoms with Crippen molar-refractivity contribution in [1.29, 1.82) is 0 Å². The lowest BCUT2D eigenvalue weighted by atomic mass is 9.90. The molecule has 7 heteroatoms. The Labute approximate surface area is 179 Å². The topological polar surface area (TPSA) is 82.0 Å². The molecule has 2 aliphatic heterocycles. The van der Waals surface area contributed by atoms with Crippen molar-refractivity contribution in [3.8, 4) is 5.75 Å². The first kappa shape index (κ1) is 22.7. The molecule has 0 spiro atoms. The Hall–Kier alpha value is -1.98. The zero-order valence-corrected chi connectivity index (χ0v) is 18.4. The van der Waals surface area contributed by atoms with Gasteiger partial charge in [-0.05, 0) is 68.5 Å². The lowest BCUT2D eigenvalue weighted by Crippen LogP contribution is -2.26. The average molecular weight is 430 g/mol. The minimum Gasteiger partial charge on any atom is -0.427 e. The Morgan fingerprint density at radius 1 is 1.07 bits per heavy atom. The first-order valence-electron chi connectivity index (χ1n) is 10.5. The highest BCUT2D eigenvalue weighted by molar-refractivity contribution is 7.39. The number of aryl methyl sites for hydroxylation is 1. The Kier molecular flexibility index (Phi) is 8.64. The quantitative estimate of drug-likeness (QED) is 0.628. The molecule has 2 heterocycles. The van der Waals surface area contributed by atoms with Crippen molar-refractivity contribution in [2.24, 2.45) is 0 Å². The third-order valence-corrected chi connectivity index (χ3v) is 5.92. The zero-order valence-electron chi connectivity index (χ0n) is 17.5. The predicted octanol–water partition coefficient (Wildman–Crippen LogP) is 3.86. The van der Waals surface area contributed by atoms with Crippen LogP contribution in [0.1, 0.15) is 48.3 Å². The van der Waals surface area contributed by atoms with Gasteiger partial charge in [0.15, 0.2) is 0 Å². The van der Waals surface area contributed by atoms with Gasteiger partial charge < -0.3 is 24.5 Å². The van der Waals surface area contributed by atoms with Gasteiger partial charge in [-0.25, -0.2) is 0 Å². The van der Waals surface area contributed by atoms with Crippen molar-refractivity contribution in [2.75, 3.05) is 19.6 Å². The molecule has 4 rings (SSSR count). The van der Waals surface area contributed by atoms with E-state index in [2.05, 4.69) is 36.5 Å². The second-order valence-corrected chi connectivity index (χ2v) is 8.53. The molecule has 162 valence electrons. The van der Waals surface area contributed by atoms with E-state index in [9.17, 15) is 4.79 Å². The largest absolute Gasteiger partial charge is 0.427 e. The number of amides is 1. The van der Waals surface area contributed by atoms with Crippen molar-refractivity contribution in [2.45, 2.75) is 45.1 Å². The van der Waals surface area contributed by atoms with E-state index in [1.807, 2.05) is 17.0 Å². The first-order chi connectivity index (χ1) is 14.5. The van der Waals surface area contributed by atoms with Crippen LogP contribution in [0.2, 0.25) is 0 Å². The summed E-state index contributed by atoms with van der Waals surface area (Å²) in [6, 6.07) is 16.0. The van der Waals surface area contributed by atoms with Crippen molar-refractivity contribution in [1.82, 2.24) is 10.2 Å². The number of benzene rings is 2. The van der Waals surface area contributed by atoms with Gasteiger partial charge in [0.05, 0.1) is 0 Å². The van der Waals surface area contributed by atoms with E-state index < -0.39 is 8.60 Å². The molecule has 0 aromatic heterocycles. The van der Waals surface area contributed by atoms with E-state index in [1.165, 1.54) is 16.7 Å². The maximum Gasteiger partial charge on any atom is 0.391 e. The molecule has 0 aliphatic carbocycles. The van der Waals surface area contributed by atoms with Crippen LogP contribution in [0.25, 0.3) is 0 Å². The number of nitrogens with zero attached hydrogens (tertiary/aromatic N) is 1. The van der Waals surface area contributed by atoms with Gasteiger partial charge in [-0.3, -0.25) is 4.79 Å². The van der Waals surface area contributed by atoms with Gasteiger partial charge >= 0.3 is 8.60 Å². The second-order valence-electron chi connectivity index (χ2n) is 7.84. The number of carbonyl (C=O) groups is 1. The van der Waals surface area contributed by atoms with Gasteiger partial charge in [0.2, 0.25) is 5.91 Å². The van der Waals surface area contributed by atoms with Crippen LogP contribution < -0.4 is 9.84 Å². The molecule has 0 bridgehead atoms. The fraction of sp³-hybridized carbons (Fsp3) is 0.435. The maximum atomic E-state index is 11.4. The third kappa shape index (κ3) is 7.06. The Bertz CT molecular complexity index is 790. The molecule has 2 saturated heterocycles. The zero-order chi connectivity index (χ0) is 21.3. The minimum absolute atomic E-state index is 0.297. The lowest BCUT2D eigenvalue weighted by Gasteiger charge is -2.23. The highest BCUT2D eigenvalue weighted by atomic mass is 31.2.